The first-order valence-electron chi connectivity index (χ1n) is 10.8. The summed E-state index contributed by atoms with van der Waals surface area (Å²) in [6, 6.07) is 25.2. The van der Waals surface area contributed by atoms with Crippen LogP contribution in [0.25, 0.3) is 22.5 Å². The van der Waals surface area contributed by atoms with Crippen LogP contribution in [0.2, 0.25) is 0 Å². The van der Waals surface area contributed by atoms with Crippen molar-refractivity contribution in [2.24, 2.45) is 0 Å². The summed E-state index contributed by atoms with van der Waals surface area (Å²) in [5.74, 6) is 0.376. The molecule has 0 saturated heterocycles. The Morgan fingerprint density at radius 2 is 1.59 bits per heavy atom. The van der Waals surface area contributed by atoms with Crippen molar-refractivity contribution in [2.45, 2.75) is 29.9 Å². The van der Waals surface area contributed by atoms with Gasteiger partial charge in [0.25, 0.3) is 0 Å². The molecule has 3 atom stereocenters. The van der Waals surface area contributed by atoms with Crippen LogP contribution >= 0.6 is 8.58 Å². The summed E-state index contributed by atoms with van der Waals surface area (Å²) in [5, 5.41) is 1.56. The number of halogens is 2. The van der Waals surface area contributed by atoms with E-state index in [-0.39, 0.29) is 24.8 Å². The predicted octanol–water partition coefficient (Wildman–Crippen LogP) is 1.94. The van der Waals surface area contributed by atoms with Gasteiger partial charge in [0, 0.05) is 0 Å². The molecule has 0 aliphatic heterocycles. The van der Waals surface area contributed by atoms with Crippen LogP contribution in [-0.2, 0) is 24.4 Å². The molecule has 4 heteroatoms. The maximum absolute atomic E-state index is 2.53. The number of benzene rings is 3. The van der Waals surface area contributed by atoms with E-state index in [9.17, 15) is 0 Å². The number of rotatable bonds is 5. The monoisotopic (exact) mass is 643 g/mol. The standard InChI is InChI=1S/C28H26P.2ClH.Hf/c1-3-14-29-28-18-27(24-11-4-5-12-25(24)28)22-9-6-8-21(17-22)23-13-7-10-20-15-19(2)16-26(20)23;;;/h4-13,15-18,27,29H,3,14H2,1-2H3;2*1H;/q;;;+2/p-2. The van der Waals surface area contributed by atoms with Gasteiger partial charge in [-0.1, -0.05) is 13.3 Å². The molecule has 3 aromatic carbocycles. The Balaban J connectivity index is 0.00000144. The van der Waals surface area contributed by atoms with Crippen LogP contribution in [0.1, 0.15) is 57.7 Å². The van der Waals surface area contributed by atoms with E-state index < -0.39 is 0 Å². The average Bonchev–Trinajstić information content (AvgIpc) is 3.30. The molecular weight excluding hydrogens is 617 g/mol. The second kappa shape index (κ2) is 11.0. The fraction of sp³-hybridized carbons (Fsp3) is 0.214. The molecular formula is C28H26Cl2HfP. The van der Waals surface area contributed by atoms with E-state index in [1.807, 2.05) is 0 Å². The van der Waals surface area contributed by atoms with E-state index in [0.717, 1.165) is 8.58 Å². The second-order valence-corrected chi connectivity index (χ2v) is 11.8. The van der Waals surface area contributed by atoms with Gasteiger partial charge in [0.2, 0.25) is 0 Å². The Kier molecular flexibility index (Phi) is 8.78. The summed E-state index contributed by atoms with van der Waals surface area (Å²) in [4.78, 5) is 0. The van der Waals surface area contributed by atoms with Gasteiger partial charge < -0.3 is 24.8 Å². The molecule has 3 aromatic rings. The number of hydrogen-bond acceptors (Lipinski definition) is 0. The van der Waals surface area contributed by atoms with Crippen LogP contribution in [0, 0.1) is 0 Å². The van der Waals surface area contributed by atoms with Gasteiger partial charge in [-0.2, -0.15) is 0 Å². The Labute approximate surface area is 221 Å². The molecule has 161 valence electrons. The van der Waals surface area contributed by atoms with Gasteiger partial charge in [0.05, 0.1) is 0 Å². The average molecular weight is 643 g/mol. The first-order chi connectivity index (χ1) is 14.7. The van der Waals surface area contributed by atoms with Gasteiger partial charge in [-0.3, -0.25) is 0 Å². The Morgan fingerprint density at radius 1 is 0.875 bits per heavy atom. The van der Waals surface area contributed by atoms with Crippen LogP contribution in [-0.4, -0.2) is 6.16 Å². The van der Waals surface area contributed by atoms with Crippen molar-refractivity contribution >= 4 is 20.0 Å². The molecule has 3 unspecified atom stereocenters. The SMILES string of the molecule is CCCPC1=CC(c2cccc(-c3cccc4c3C=C(C)[CH]4[Hf+2])c2)c2ccccc21.[Cl-].[Cl-]. The van der Waals surface area contributed by atoms with Crippen molar-refractivity contribution < 1.29 is 49.2 Å². The summed E-state index contributed by atoms with van der Waals surface area (Å²) in [6.45, 7) is 4.57. The van der Waals surface area contributed by atoms with Gasteiger partial charge in [0.15, 0.2) is 0 Å². The normalized spacial score (nSPS) is 18.5. The smallest absolute Gasteiger partial charge is 1.00 e. The van der Waals surface area contributed by atoms with Crippen molar-refractivity contribution in [3.63, 3.8) is 0 Å². The van der Waals surface area contributed by atoms with Crippen LogP contribution in [0.5, 0.6) is 0 Å². The third kappa shape index (κ3) is 4.65. The third-order valence-corrected chi connectivity index (χ3v) is 10.6. The Bertz CT molecular complexity index is 1180. The molecule has 0 heterocycles. The topological polar surface area (TPSA) is 0 Å². The molecule has 0 spiro atoms. The van der Waals surface area contributed by atoms with E-state index in [0.29, 0.717) is 9.59 Å². The zero-order valence-electron chi connectivity index (χ0n) is 18.3. The molecule has 2 aliphatic carbocycles. The van der Waals surface area contributed by atoms with Gasteiger partial charge in [-0.15, -0.1) is 0 Å². The second-order valence-electron chi connectivity index (χ2n) is 8.33. The summed E-state index contributed by atoms with van der Waals surface area (Å²) in [5.41, 5.74) is 11.6. The van der Waals surface area contributed by atoms with Crippen molar-refractivity contribution in [3.8, 4) is 11.1 Å². The Hall–Kier alpha value is -0.980. The minimum atomic E-state index is 0. The maximum atomic E-state index is 2.53. The van der Waals surface area contributed by atoms with E-state index in [1.54, 1.807) is 5.31 Å². The minimum Gasteiger partial charge on any atom is -1.00 e. The van der Waals surface area contributed by atoms with E-state index in [4.69, 9.17) is 0 Å². The molecule has 0 bridgehead atoms. The summed E-state index contributed by atoms with van der Waals surface area (Å²) < 4.78 is 0.662. The molecule has 0 nitrogen and oxygen atoms in total. The van der Waals surface area contributed by atoms with Gasteiger partial charge in [-0.05, 0) is 0 Å². The molecule has 0 N–H and O–H groups in total. The summed E-state index contributed by atoms with van der Waals surface area (Å²) in [6.07, 6.45) is 7.50. The largest absolute Gasteiger partial charge is 1.00 e. The quantitative estimate of drug-likeness (QED) is 0.295. The third-order valence-electron chi connectivity index (χ3n) is 6.32. The maximum Gasteiger partial charge on any atom is -1.00 e. The van der Waals surface area contributed by atoms with Crippen LogP contribution in [0.15, 0.2) is 78.4 Å². The van der Waals surface area contributed by atoms with Gasteiger partial charge in [0.1, 0.15) is 0 Å². The van der Waals surface area contributed by atoms with E-state index in [1.165, 1.54) is 81.5 Å². The van der Waals surface area contributed by atoms with Crippen molar-refractivity contribution in [2.75, 3.05) is 6.16 Å². The summed E-state index contributed by atoms with van der Waals surface area (Å²) >= 11 is 1.18. The van der Waals surface area contributed by atoms with Crippen LogP contribution < -0.4 is 24.8 Å². The molecule has 0 fully saturated rings. The first kappa shape index (κ1) is 25.6. The zero-order valence-corrected chi connectivity index (χ0v) is 24.4. The molecule has 0 saturated carbocycles. The number of fused-ring (bicyclic) bond motifs is 2. The van der Waals surface area contributed by atoms with Gasteiger partial charge in [-0.25, -0.2) is 0 Å². The number of allylic oxidation sites excluding steroid dienone is 2. The molecule has 5 rings (SSSR count). The first-order valence-corrected chi connectivity index (χ1v) is 14.1. The van der Waals surface area contributed by atoms with Crippen molar-refractivity contribution in [3.05, 3.63) is 106 Å². The van der Waals surface area contributed by atoms with Crippen LogP contribution in [0.4, 0.5) is 0 Å². The molecule has 0 amide bonds. The molecule has 32 heavy (non-hydrogen) atoms. The fourth-order valence-corrected chi connectivity index (χ4v) is 7.18. The van der Waals surface area contributed by atoms with Crippen molar-refractivity contribution in [1.29, 1.82) is 0 Å². The number of hydrogen-bond donors (Lipinski definition) is 0. The molecule has 0 radical (unpaired) electrons. The minimum absolute atomic E-state index is 0. The van der Waals surface area contributed by atoms with E-state index in [2.05, 4.69) is 92.7 Å². The molecule has 0 aromatic heterocycles. The van der Waals surface area contributed by atoms with E-state index >= 15 is 0 Å². The van der Waals surface area contributed by atoms with Crippen molar-refractivity contribution in [1.82, 2.24) is 0 Å². The summed E-state index contributed by atoms with van der Waals surface area (Å²) in [7, 11) is 0.910. The van der Waals surface area contributed by atoms with Crippen LogP contribution in [0.3, 0.4) is 0 Å². The predicted molar refractivity (Wildman–Crippen MR) is 128 cm³/mol. The molecule has 2 aliphatic rings. The Morgan fingerprint density at radius 3 is 2.41 bits per heavy atom. The van der Waals surface area contributed by atoms with Gasteiger partial charge >= 0.3 is 184 Å². The fourth-order valence-electron chi connectivity index (χ4n) is 4.75. The zero-order chi connectivity index (χ0) is 20.7.